The van der Waals surface area contributed by atoms with Crippen LogP contribution in [0.4, 0.5) is 0 Å². The van der Waals surface area contributed by atoms with E-state index in [1.165, 1.54) is 5.56 Å². The second-order valence-corrected chi connectivity index (χ2v) is 5.87. The van der Waals surface area contributed by atoms with Gasteiger partial charge in [0.2, 0.25) is 0 Å². The number of para-hydroxylation sites is 1. The smallest absolute Gasteiger partial charge is 0.260 e. The van der Waals surface area contributed by atoms with Gasteiger partial charge in [0, 0.05) is 13.1 Å². The molecule has 1 aromatic rings. The topological polar surface area (TPSA) is 55.6 Å². The fraction of sp³-hybridized carbons (Fsp3) is 0.588. The van der Waals surface area contributed by atoms with Gasteiger partial charge in [-0.05, 0) is 42.9 Å². The molecule has 0 spiro atoms. The number of amides is 1. The van der Waals surface area contributed by atoms with Crippen LogP contribution in [0.1, 0.15) is 38.2 Å². The van der Waals surface area contributed by atoms with Crippen LogP contribution in [0.15, 0.2) is 24.3 Å². The first kappa shape index (κ1) is 15.8. The summed E-state index contributed by atoms with van der Waals surface area (Å²) < 4.78 is 5.78. The second kappa shape index (κ2) is 7.46. The Labute approximate surface area is 127 Å². The Morgan fingerprint density at radius 2 is 2.24 bits per heavy atom. The SMILES string of the molecule is CC[C@H](C)c1ccccc1OCC(=O)N1CC[C@H](CN)C1. The maximum atomic E-state index is 12.2. The third-order valence-corrected chi connectivity index (χ3v) is 4.39. The molecular formula is C17H26N2O2. The second-order valence-electron chi connectivity index (χ2n) is 5.87. The van der Waals surface area contributed by atoms with Crippen LogP contribution >= 0.6 is 0 Å². The fourth-order valence-corrected chi connectivity index (χ4v) is 2.72. The first-order chi connectivity index (χ1) is 10.2. The highest BCUT2D eigenvalue weighted by atomic mass is 16.5. The average Bonchev–Trinajstić information content (AvgIpc) is 3.01. The summed E-state index contributed by atoms with van der Waals surface area (Å²) in [6.07, 6.45) is 2.06. The number of carbonyl (C=O) groups is 1. The number of hydrogen-bond donors (Lipinski definition) is 1. The monoisotopic (exact) mass is 290 g/mol. The molecule has 0 unspecified atom stereocenters. The van der Waals surface area contributed by atoms with Gasteiger partial charge in [0.05, 0.1) is 0 Å². The van der Waals surface area contributed by atoms with Gasteiger partial charge in [-0.25, -0.2) is 0 Å². The number of hydrogen-bond acceptors (Lipinski definition) is 3. The summed E-state index contributed by atoms with van der Waals surface area (Å²) in [5.41, 5.74) is 6.84. The Hall–Kier alpha value is -1.55. The van der Waals surface area contributed by atoms with Crippen molar-refractivity contribution in [2.45, 2.75) is 32.6 Å². The molecule has 2 N–H and O–H groups in total. The van der Waals surface area contributed by atoms with Gasteiger partial charge in [-0.3, -0.25) is 4.79 Å². The van der Waals surface area contributed by atoms with Gasteiger partial charge in [0.15, 0.2) is 6.61 Å². The minimum Gasteiger partial charge on any atom is -0.483 e. The van der Waals surface area contributed by atoms with Crippen LogP contribution in [0.25, 0.3) is 0 Å². The van der Waals surface area contributed by atoms with E-state index in [0.29, 0.717) is 18.4 Å². The van der Waals surface area contributed by atoms with Crippen molar-refractivity contribution in [3.8, 4) is 5.75 Å². The predicted octanol–water partition coefficient (Wildman–Crippen LogP) is 2.39. The molecule has 0 bridgehead atoms. The normalized spacial score (nSPS) is 19.6. The van der Waals surface area contributed by atoms with E-state index in [-0.39, 0.29) is 12.5 Å². The molecule has 0 radical (unpaired) electrons. The van der Waals surface area contributed by atoms with Crippen LogP contribution in [0.3, 0.4) is 0 Å². The molecule has 116 valence electrons. The van der Waals surface area contributed by atoms with Gasteiger partial charge in [0.25, 0.3) is 5.91 Å². The molecule has 1 amide bonds. The van der Waals surface area contributed by atoms with Crippen molar-refractivity contribution in [1.82, 2.24) is 4.90 Å². The van der Waals surface area contributed by atoms with Crippen molar-refractivity contribution in [2.24, 2.45) is 11.7 Å². The van der Waals surface area contributed by atoms with Crippen molar-refractivity contribution in [2.75, 3.05) is 26.2 Å². The largest absolute Gasteiger partial charge is 0.483 e. The summed E-state index contributed by atoms with van der Waals surface area (Å²) in [4.78, 5) is 14.1. The number of ether oxygens (including phenoxy) is 1. The minimum atomic E-state index is 0.0601. The number of nitrogens with zero attached hydrogens (tertiary/aromatic N) is 1. The molecule has 1 heterocycles. The Bertz CT molecular complexity index is 476. The Balaban J connectivity index is 1.93. The zero-order valence-corrected chi connectivity index (χ0v) is 13.0. The molecule has 1 saturated heterocycles. The van der Waals surface area contributed by atoms with Crippen LogP contribution in [0, 0.1) is 5.92 Å². The molecule has 4 heteroatoms. The molecule has 1 fully saturated rings. The van der Waals surface area contributed by atoms with E-state index in [1.54, 1.807) is 0 Å². The molecule has 1 aliphatic rings. The van der Waals surface area contributed by atoms with E-state index in [9.17, 15) is 4.79 Å². The Kier molecular flexibility index (Phi) is 5.62. The van der Waals surface area contributed by atoms with E-state index < -0.39 is 0 Å². The summed E-state index contributed by atoms with van der Waals surface area (Å²) >= 11 is 0. The van der Waals surface area contributed by atoms with Crippen molar-refractivity contribution in [1.29, 1.82) is 0 Å². The van der Waals surface area contributed by atoms with Gasteiger partial charge in [-0.1, -0.05) is 32.0 Å². The molecule has 4 nitrogen and oxygen atoms in total. The van der Waals surface area contributed by atoms with E-state index >= 15 is 0 Å². The van der Waals surface area contributed by atoms with Crippen molar-refractivity contribution >= 4 is 5.91 Å². The predicted molar refractivity (Wildman–Crippen MR) is 84.4 cm³/mol. The van der Waals surface area contributed by atoms with E-state index in [1.807, 2.05) is 23.1 Å². The van der Waals surface area contributed by atoms with Crippen molar-refractivity contribution in [3.63, 3.8) is 0 Å². The zero-order chi connectivity index (χ0) is 15.2. The van der Waals surface area contributed by atoms with Gasteiger partial charge in [-0.2, -0.15) is 0 Å². The molecule has 1 aromatic carbocycles. The van der Waals surface area contributed by atoms with Gasteiger partial charge < -0.3 is 15.4 Å². The quantitative estimate of drug-likeness (QED) is 0.875. The van der Waals surface area contributed by atoms with Crippen LogP contribution in [0.5, 0.6) is 5.75 Å². The molecule has 2 rings (SSSR count). The maximum absolute atomic E-state index is 12.2. The minimum absolute atomic E-state index is 0.0601. The lowest BCUT2D eigenvalue weighted by Gasteiger charge is -2.19. The van der Waals surface area contributed by atoms with Crippen LogP contribution in [-0.2, 0) is 4.79 Å². The summed E-state index contributed by atoms with van der Waals surface area (Å²) in [5, 5.41) is 0. The van der Waals surface area contributed by atoms with E-state index in [0.717, 1.165) is 31.7 Å². The summed E-state index contributed by atoms with van der Waals surface area (Å²) in [5.74, 6) is 1.77. The highest BCUT2D eigenvalue weighted by Gasteiger charge is 2.25. The van der Waals surface area contributed by atoms with Gasteiger partial charge >= 0.3 is 0 Å². The number of benzene rings is 1. The molecule has 21 heavy (non-hydrogen) atoms. The Morgan fingerprint density at radius 1 is 1.48 bits per heavy atom. The number of rotatable bonds is 6. The summed E-state index contributed by atoms with van der Waals surface area (Å²) in [6.45, 7) is 6.68. The highest BCUT2D eigenvalue weighted by molar-refractivity contribution is 5.78. The molecule has 0 aliphatic carbocycles. The van der Waals surface area contributed by atoms with Crippen LogP contribution in [-0.4, -0.2) is 37.0 Å². The third kappa shape index (κ3) is 3.97. The van der Waals surface area contributed by atoms with Crippen molar-refractivity contribution < 1.29 is 9.53 Å². The molecule has 1 aliphatic heterocycles. The number of carbonyl (C=O) groups excluding carboxylic acids is 1. The first-order valence-corrected chi connectivity index (χ1v) is 7.85. The highest BCUT2D eigenvalue weighted by Crippen LogP contribution is 2.28. The number of nitrogens with two attached hydrogens (primary N) is 1. The van der Waals surface area contributed by atoms with Crippen molar-refractivity contribution in [3.05, 3.63) is 29.8 Å². The van der Waals surface area contributed by atoms with Crippen LogP contribution < -0.4 is 10.5 Å². The fourth-order valence-electron chi connectivity index (χ4n) is 2.72. The molecule has 0 saturated carbocycles. The maximum Gasteiger partial charge on any atom is 0.260 e. The van der Waals surface area contributed by atoms with Gasteiger partial charge in [-0.15, -0.1) is 0 Å². The molecule has 2 atom stereocenters. The zero-order valence-electron chi connectivity index (χ0n) is 13.0. The lowest BCUT2D eigenvalue weighted by molar-refractivity contribution is -0.132. The van der Waals surface area contributed by atoms with Crippen LogP contribution in [0.2, 0.25) is 0 Å². The number of likely N-dealkylation sites (tertiary alicyclic amines) is 1. The molecular weight excluding hydrogens is 264 g/mol. The first-order valence-electron chi connectivity index (χ1n) is 7.85. The summed E-state index contributed by atoms with van der Waals surface area (Å²) in [7, 11) is 0. The molecule has 0 aromatic heterocycles. The third-order valence-electron chi connectivity index (χ3n) is 4.39. The average molecular weight is 290 g/mol. The lowest BCUT2D eigenvalue weighted by atomic mass is 9.98. The van der Waals surface area contributed by atoms with E-state index in [4.69, 9.17) is 10.5 Å². The van der Waals surface area contributed by atoms with E-state index in [2.05, 4.69) is 19.9 Å². The Morgan fingerprint density at radius 3 is 2.90 bits per heavy atom. The standard InChI is InChI=1S/C17H26N2O2/c1-3-13(2)15-6-4-5-7-16(15)21-12-17(20)19-9-8-14(10-18)11-19/h4-7,13-14H,3,8-12,18H2,1-2H3/t13-,14+/m0/s1. The van der Waals surface area contributed by atoms with Gasteiger partial charge in [0.1, 0.15) is 5.75 Å². The summed E-state index contributed by atoms with van der Waals surface area (Å²) in [6, 6.07) is 7.99. The lowest BCUT2D eigenvalue weighted by Crippen LogP contribution is -2.33.